The van der Waals surface area contributed by atoms with Crippen LogP contribution in [0.2, 0.25) is 0 Å². The first kappa shape index (κ1) is 20.6. The Morgan fingerprint density at radius 2 is 1.59 bits per heavy atom. The highest BCUT2D eigenvalue weighted by molar-refractivity contribution is 5.96. The third-order valence-corrected chi connectivity index (χ3v) is 5.29. The van der Waals surface area contributed by atoms with Gasteiger partial charge in [-0.25, -0.2) is 4.79 Å². The summed E-state index contributed by atoms with van der Waals surface area (Å²) in [6, 6.07) is 15.0. The molecule has 6 heteroatoms. The van der Waals surface area contributed by atoms with Crippen LogP contribution < -0.4 is 10.6 Å². The van der Waals surface area contributed by atoms with Crippen molar-refractivity contribution in [2.24, 2.45) is 5.92 Å². The quantitative estimate of drug-likeness (QED) is 0.641. The van der Waals surface area contributed by atoms with E-state index in [1.165, 1.54) is 0 Å². The van der Waals surface area contributed by atoms with Crippen LogP contribution in [0, 0.1) is 5.92 Å². The molecule has 0 radical (unpaired) electrons. The molecule has 2 amide bonds. The SMILES string of the molecule is O=C(N[C@H](Cc1ccccc1)C(=O)O)c1ccc(CNC(=O)C2CCCC2)cc1. The zero-order valence-electron chi connectivity index (χ0n) is 16.3. The monoisotopic (exact) mass is 394 g/mol. The van der Waals surface area contributed by atoms with Gasteiger partial charge >= 0.3 is 5.97 Å². The molecule has 0 saturated heterocycles. The molecule has 2 aromatic rings. The van der Waals surface area contributed by atoms with Crippen molar-refractivity contribution in [3.8, 4) is 0 Å². The fourth-order valence-corrected chi connectivity index (χ4v) is 3.59. The van der Waals surface area contributed by atoms with Gasteiger partial charge in [-0.3, -0.25) is 9.59 Å². The Labute approximate surface area is 170 Å². The van der Waals surface area contributed by atoms with E-state index in [4.69, 9.17) is 0 Å². The van der Waals surface area contributed by atoms with E-state index in [0.29, 0.717) is 12.1 Å². The third kappa shape index (κ3) is 5.91. The average molecular weight is 394 g/mol. The fraction of sp³-hybridized carbons (Fsp3) is 0.348. The molecule has 2 aromatic carbocycles. The minimum Gasteiger partial charge on any atom is -0.480 e. The molecule has 6 nitrogen and oxygen atoms in total. The van der Waals surface area contributed by atoms with Crippen molar-refractivity contribution in [3.63, 3.8) is 0 Å². The topological polar surface area (TPSA) is 95.5 Å². The van der Waals surface area contributed by atoms with Crippen LogP contribution in [-0.4, -0.2) is 28.9 Å². The number of hydrogen-bond acceptors (Lipinski definition) is 3. The number of aliphatic carboxylic acids is 1. The molecule has 152 valence electrons. The third-order valence-electron chi connectivity index (χ3n) is 5.29. The lowest BCUT2D eigenvalue weighted by atomic mass is 10.0. The number of rotatable bonds is 8. The molecule has 3 rings (SSSR count). The maximum Gasteiger partial charge on any atom is 0.326 e. The zero-order valence-corrected chi connectivity index (χ0v) is 16.3. The van der Waals surface area contributed by atoms with Crippen LogP contribution in [0.3, 0.4) is 0 Å². The van der Waals surface area contributed by atoms with Crippen LogP contribution >= 0.6 is 0 Å². The Morgan fingerprint density at radius 3 is 2.21 bits per heavy atom. The van der Waals surface area contributed by atoms with Gasteiger partial charge in [0.15, 0.2) is 0 Å². The van der Waals surface area contributed by atoms with Crippen LogP contribution in [0.5, 0.6) is 0 Å². The highest BCUT2D eigenvalue weighted by Crippen LogP contribution is 2.24. The van der Waals surface area contributed by atoms with Crippen molar-refractivity contribution in [3.05, 3.63) is 71.3 Å². The number of nitrogens with one attached hydrogen (secondary N) is 2. The standard InChI is InChI=1S/C23H26N2O4/c26-21(18-8-4-5-9-18)24-15-17-10-12-19(13-11-17)22(27)25-20(23(28)29)14-16-6-2-1-3-7-16/h1-3,6-7,10-13,18,20H,4-5,8-9,14-15H2,(H,24,26)(H,25,27)(H,28,29)/t20-/m1/s1. The Kier molecular flexibility index (Phi) is 7.00. The van der Waals surface area contributed by atoms with Gasteiger partial charge in [0.2, 0.25) is 5.91 Å². The van der Waals surface area contributed by atoms with E-state index in [1.54, 1.807) is 24.3 Å². The van der Waals surface area contributed by atoms with Gasteiger partial charge in [0, 0.05) is 24.4 Å². The molecule has 0 unspecified atom stereocenters. The second kappa shape index (κ2) is 9.87. The maximum absolute atomic E-state index is 12.5. The predicted octanol–water partition coefficient (Wildman–Crippen LogP) is 2.92. The van der Waals surface area contributed by atoms with Gasteiger partial charge in [-0.1, -0.05) is 55.3 Å². The molecule has 1 saturated carbocycles. The molecule has 0 aromatic heterocycles. The van der Waals surface area contributed by atoms with Crippen LogP contribution in [-0.2, 0) is 22.6 Å². The van der Waals surface area contributed by atoms with E-state index in [1.807, 2.05) is 30.3 Å². The molecule has 0 aliphatic heterocycles. The molecule has 3 N–H and O–H groups in total. The minimum absolute atomic E-state index is 0.0922. The summed E-state index contributed by atoms with van der Waals surface area (Å²) in [6.45, 7) is 0.420. The summed E-state index contributed by atoms with van der Waals surface area (Å²) in [4.78, 5) is 36.1. The summed E-state index contributed by atoms with van der Waals surface area (Å²) >= 11 is 0. The maximum atomic E-state index is 12.5. The first-order chi connectivity index (χ1) is 14.0. The van der Waals surface area contributed by atoms with E-state index in [9.17, 15) is 19.5 Å². The van der Waals surface area contributed by atoms with E-state index < -0.39 is 17.9 Å². The van der Waals surface area contributed by atoms with Crippen molar-refractivity contribution in [1.29, 1.82) is 0 Å². The van der Waals surface area contributed by atoms with Crippen molar-refractivity contribution in [1.82, 2.24) is 10.6 Å². The van der Waals surface area contributed by atoms with Crippen molar-refractivity contribution < 1.29 is 19.5 Å². The highest BCUT2D eigenvalue weighted by atomic mass is 16.4. The first-order valence-corrected chi connectivity index (χ1v) is 9.97. The van der Waals surface area contributed by atoms with Gasteiger partial charge in [-0.05, 0) is 36.1 Å². The summed E-state index contributed by atoms with van der Waals surface area (Å²) in [5, 5.41) is 15.0. The molecule has 1 aliphatic carbocycles. The normalized spacial score (nSPS) is 14.9. The van der Waals surface area contributed by atoms with Crippen molar-refractivity contribution in [2.75, 3.05) is 0 Å². The number of carbonyl (C=O) groups excluding carboxylic acids is 2. The molecule has 1 fully saturated rings. The summed E-state index contributed by atoms with van der Waals surface area (Å²) in [5.74, 6) is -1.30. The number of amides is 2. The molecule has 0 heterocycles. The van der Waals surface area contributed by atoms with E-state index in [2.05, 4.69) is 10.6 Å². The van der Waals surface area contributed by atoms with Crippen LogP contribution in [0.4, 0.5) is 0 Å². The van der Waals surface area contributed by atoms with Crippen LogP contribution in [0.15, 0.2) is 54.6 Å². The Morgan fingerprint density at radius 1 is 0.931 bits per heavy atom. The van der Waals surface area contributed by atoms with Crippen LogP contribution in [0.1, 0.15) is 47.2 Å². The lowest BCUT2D eigenvalue weighted by Crippen LogP contribution is -2.42. The van der Waals surface area contributed by atoms with Gasteiger partial charge in [0.1, 0.15) is 6.04 Å². The molecule has 0 bridgehead atoms. The Bertz CT molecular complexity index is 843. The summed E-state index contributed by atoms with van der Waals surface area (Å²) in [5.41, 5.74) is 2.12. The van der Waals surface area contributed by atoms with Gasteiger partial charge < -0.3 is 15.7 Å². The fourth-order valence-electron chi connectivity index (χ4n) is 3.59. The smallest absolute Gasteiger partial charge is 0.326 e. The van der Waals surface area contributed by atoms with Gasteiger partial charge in [-0.15, -0.1) is 0 Å². The number of carbonyl (C=O) groups is 3. The lowest BCUT2D eigenvalue weighted by molar-refractivity contribution is -0.139. The molecule has 1 atom stereocenters. The van der Waals surface area contributed by atoms with Gasteiger partial charge in [-0.2, -0.15) is 0 Å². The second-order valence-corrected chi connectivity index (χ2v) is 7.45. The molecule has 29 heavy (non-hydrogen) atoms. The largest absolute Gasteiger partial charge is 0.480 e. The number of hydrogen-bond donors (Lipinski definition) is 3. The second-order valence-electron chi connectivity index (χ2n) is 7.45. The van der Waals surface area contributed by atoms with Crippen molar-refractivity contribution >= 4 is 17.8 Å². The summed E-state index contributed by atoms with van der Waals surface area (Å²) in [7, 11) is 0. The van der Waals surface area contributed by atoms with E-state index in [0.717, 1.165) is 36.8 Å². The van der Waals surface area contributed by atoms with Crippen LogP contribution in [0.25, 0.3) is 0 Å². The lowest BCUT2D eigenvalue weighted by Gasteiger charge is -2.15. The highest BCUT2D eigenvalue weighted by Gasteiger charge is 2.23. The van der Waals surface area contributed by atoms with Gasteiger partial charge in [0.25, 0.3) is 5.91 Å². The molecule has 0 spiro atoms. The Balaban J connectivity index is 1.54. The zero-order chi connectivity index (χ0) is 20.6. The number of benzene rings is 2. The number of carboxylic acids is 1. The molecule has 1 aliphatic rings. The predicted molar refractivity (Wildman–Crippen MR) is 109 cm³/mol. The summed E-state index contributed by atoms with van der Waals surface area (Å²) in [6.07, 6.45) is 4.36. The number of carboxylic acid groups (broad SMARTS) is 1. The van der Waals surface area contributed by atoms with Crippen molar-refractivity contribution in [2.45, 2.75) is 44.7 Å². The van der Waals surface area contributed by atoms with E-state index >= 15 is 0 Å². The first-order valence-electron chi connectivity index (χ1n) is 9.97. The minimum atomic E-state index is -1.08. The summed E-state index contributed by atoms with van der Waals surface area (Å²) < 4.78 is 0. The Hall–Kier alpha value is -3.15. The molecular weight excluding hydrogens is 368 g/mol. The van der Waals surface area contributed by atoms with E-state index in [-0.39, 0.29) is 18.2 Å². The molecular formula is C23H26N2O4. The van der Waals surface area contributed by atoms with Gasteiger partial charge in [0.05, 0.1) is 0 Å². The average Bonchev–Trinajstić information content (AvgIpc) is 3.27.